The van der Waals surface area contributed by atoms with Crippen LogP contribution in [-0.4, -0.2) is 46.8 Å². The first-order valence-electron chi connectivity index (χ1n) is 6.51. The van der Waals surface area contributed by atoms with Crippen molar-refractivity contribution in [2.45, 2.75) is 56.8 Å². The molecular formula is C12H21F3N2O2. The Kier molecular flexibility index (Phi) is 5.20. The van der Waals surface area contributed by atoms with E-state index >= 15 is 0 Å². The van der Waals surface area contributed by atoms with Gasteiger partial charge in [-0.25, -0.2) is 0 Å². The normalized spacial score (nSPS) is 19.5. The summed E-state index contributed by atoms with van der Waals surface area (Å²) in [6, 6.07) is 0.000235. The third-order valence-corrected chi connectivity index (χ3v) is 3.57. The highest BCUT2D eigenvalue weighted by atomic mass is 19.4. The Labute approximate surface area is 110 Å². The lowest BCUT2D eigenvalue weighted by Crippen LogP contribution is -2.48. The predicted octanol–water partition coefficient (Wildman–Crippen LogP) is 1.99. The van der Waals surface area contributed by atoms with Crippen molar-refractivity contribution in [3.8, 4) is 0 Å². The molecule has 4 nitrogen and oxygen atoms in total. The van der Waals surface area contributed by atoms with Gasteiger partial charge in [-0.3, -0.25) is 9.69 Å². The van der Waals surface area contributed by atoms with Gasteiger partial charge in [-0.2, -0.15) is 13.2 Å². The first-order valence-corrected chi connectivity index (χ1v) is 6.51. The molecule has 1 saturated carbocycles. The summed E-state index contributed by atoms with van der Waals surface area (Å²) in [6.45, 7) is 0.993. The van der Waals surface area contributed by atoms with E-state index in [0.29, 0.717) is 6.42 Å². The van der Waals surface area contributed by atoms with Gasteiger partial charge in [0.1, 0.15) is 5.54 Å². The highest BCUT2D eigenvalue weighted by Gasteiger charge is 2.38. The summed E-state index contributed by atoms with van der Waals surface area (Å²) >= 11 is 0. The van der Waals surface area contributed by atoms with Crippen LogP contribution in [0, 0.1) is 0 Å². The van der Waals surface area contributed by atoms with E-state index in [2.05, 4.69) is 0 Å². The zero-order valence-electron chi connectivity index (χ0n) is 11.0. The first kappa shape index (κ1) is 16.2. The minimum Gasteiger partial charge on any atom is -0.480 e. The topological polar surface area (TPSA) is 66.6 Å². The Balaban J connectivity index is 2.42. The summed E-state index contributed by atoms with van der Waals surface area (Å²) in [5.41, 5.74) is 4.38. The quantitative estimate of drug-likeness (QED) is 0.714. The molecule has 1 aliphatic carbocycles. The second kappa shape index (κ2) is 6.09. The number of hydrogen-bond donors (Lipinski definition) is 2. The Morgan fingerprint density at radius 2 is 2.00 bits per heavy atom. The van der Waals surface area contributed by atoms with Gasteiger partial charge in [0.25, 0.3) is 0 Å². The monoisotopic (exact) mass is 282 g/mol. The fourth-order valence-electron chi connectivity index (χ4n) is 2.09. The van der Waals surface area contributed by atoms with Crippen LogP contribution in [-0.2, 0) is 4.79 Å². The molecule has 1 fully saturated rings. The number of hydrogen-bond acceptors (Lipinski definition) is 3. The lowest BCUT2D eigenvalue weighted by atomic mass is 9.92. The minimum absolute atomic E-state index is 0.000235. The van der Waals surface area contributed by atoms with Crippen LogP contribution in [0.4, 0.5) is 13.2 Å². The molecule has 0 saturated heterocycles. The van der Waals surface area contributed by atoms with Gasteiger partial charge in [-0.05, 0) is 38.6 Å². The SMILES string of the molecule is CCC(N)(CCCN(CC(F)(F)F)C1CC1)C(=O)O. The molecular weight excluding hydrogens is 261 g/mol. The third kappa shape index (κ3) is 5.36. The zero-order chi connectivity index (χ0) is 14.7. The summed E-state index contributed by atoms with van der Waals surface area (Å²) < 4.78 is 37.2. The standard InChI is InChI=1S/C12H21F3N2O2/c1-2-11(16,10(18)19)6-3-7-17(9-4-5-9)8-12(13,14)15/h9H,2-8,16H2,1H3,(H,18,19). The molecule has 0 radical (unpaired) electrons. The van der Waals surface area contributed by atoms with Crippen LogP contribution in [0.2, 0.25) is 0 Å². The van der Waals surface area contributed by atoms with Crippen molar-refractivity contribution >= 4 is 5.97 Å². The smallest absolute Gasteiger partial charge is 0.401 e. The van der Waals surface area contributed by atoms with Gasteiger partial charge in [0.2, 0.25) is 0 Å². The number of carbonyl (C=O) groups is 1. The van der Waals surface area contributed by atoms with E-state index in [9.17, 15) is 18.0 Å². The fourth-order valence-corrected chi connectivity index (χ4v) is 2.09. The molecule has 7 heteroatoms. The molecule has 1 rings (SSSR count). The Hall–Kier alpha value is -0.820. The molecule has 0 aromatic heterocycles. The molecule has 0 aliphatic heterocycles. The van der Waals surface area contributed by atoms with Crippen molar-refractivity contribution in [1.29, 1.82) is 0 Å². The van der Waals surface area contributed by atoms with Crippen molar-refractivity contribution in [3.63, 3.8) is 0 Å². The van der Waals surface area contributed by atoms with Crippen molar-refractivity contribution in [3.05, 3.63) is 0 Å². The average molecular weight is 282 g/mol. The molecule has 0 aromatic carbocycles. The van der Waals surface area contributed by atoms with Gasteiger partial charge in [0.15, 0.2) is 0 Å². The Morgan fingerprint density at radius 1 is 1.42 bits per heavy atom. The van der Waals surface area contributed by atoms with E-state index < -0.39 is 24.2 Å². The molecule has 3 N–H and O–H groups in total. The van der Waals surface area contributed by atoms with Gasteiger partial charge in [-0.1, -0.05) is 6.92 Å². The molecule has 0 amide bonds. The van der Waals surface area contributed by atoms with Crippen LogP contribution in [0.1, 0.15) is 39.0 Å². The van der Waals surface area contributed by atoms with E-state index in [4.69, 9.17) is 10.8 Å². The van der Waals surface area contributed by atoms with E-state index in [1.165, 1.54) is 4.90 Å². The van der Waals surface area contributed by atoms with Crippen LogP contribution in [0.3, 0.4) is 0 Å². The van der Waals surface area contributed by atoms with Crippen LogP contribution in [0.25, 0.3) is 0 Å². The molecule has 1 aliphatic rings. The maximum atomic E-state index is 12.4. The summed E-state index contributed by atoms with van der Waals surface area (Å²) in [4.78, 5) is 12.4. The number of carboxylic acids is 1. The first-order chi connectivity index (χ1) is 8.68. The second-order valence-electron chi connectivity index (χ2n) is 5.24. The minimum atomic E-state index is -4.21. The number of rotatable bonds is 8. The molecule has 0 bridgehead atoms. The van der Waals surface area contributed by atoms with Crippen molar-refractivity contribution < 1.29 is 23.1 Å². The van der Waals surface area contributed by atoms with Gasteiger partial charge >= 0.3 is 12.1 Å². The molecule has 112 valence electrons. The number of nitrogens with zero attached hydrogens (tertiary/aromatic N) is 1. The van der Waals surface area contributed by atoms with Crippen LogP contribution >= 0.6 is 0 Å². The number of nitrogens with two attached hydrogens (primary N) is 1. The van der Waals surface area contributed by atoms with Crippen molar-refractivity contribution in [2.75, 3.05) is 13.1 Å². The van der Waals surface area contributed by atoms with Gasteiger partial charge in [-0.15, -0.1) is 0 Å². The zero-order valence-corrected chi connectivity index (χ0v) is 11.0. The van der Waals surface area contributed by atoms with Crippen LogP contribution < -0.4 is 5.73 Å². The summed E-state index contributed by atoms with van der Waals surface area (Å²) in [6.07, 6.45) is -1.80. The van der Waals surface area contributed by atoms with Crippen molar-refractivity contribution in [2.24, 2.45) is 5.73 Å². The Bertz CT molecular complexity index is 319. The highest BCUT2D eigenvalue weighted by Crippen LogP contribution is 2.30. The van der Waals surface area contributed by atoms with Gasteiger partial charge < -0.3 is 10.8 Å². The number of alkyl halides is 3. The molecule has 0 spiro atoms. The van der Waals surface area contributed by atoms with E-state index in [-0.39, 0.29) is 25.4 Å². The molecule has 1 unspecified atom stereocenters. The Morgan fingerprint density at radius 3 is 2.37 bits per heavy atom. The summed E-state index contributed by atoms with van der Waals surface area (Å²) in [5.74, 6) is -1.09. The average Bonchev–Trinajstić information content (AvgIpc) is 3.09. The fraction of sp³-hybridized carbons (Fsp3) is 0.917. The van der Waals surface area contributed by atoms with E-state index in [0.717, 1.165) is 12.8 Å². The third-order valence-electron chi connectivity index (χ3n) is 3.57. The maximum Gasteiger partial charge on any atom is 0.401 e. The summed E-state index contributed by atoms with van der Waals surface area (Å²) in [5, 5.41) is 8.99. The van der Waals surface area contributed by atoms with E-state index in [1.54, 1.807) is 6.92 Å². The lowest BCUT2D eigenvalue weighted by Gasteiger charge is -2.27. The molecule has 1 atom stereocenters. The van der Waals surface area contributed by atoms with Crippen molar-refractivity contribution in [1.82, 2.24) is 4.90 Å². The predicted molar refractivity (Wildman–Crippen MR) is 64.7 cm³/mol. The van der Waals surface area contributed by atoms with Gasteiger partial charge in [0, 0.05) is 6.04 Å². The largest absolute Gasteiger partial charge is 0.480 e. The van der Waals surface area contributed by atoms with E-state index in [1.807, 2.05) is 0 Å². The number of aliphatic carboxylic acids is 1. The highest BCUT2D eigenvalue weighted by molar-refractivity contribution is 5.78. The van der Waals surface area contributed by atoms with Crippen LogP contribution in [0.15, 0.2) is 0 Å². The number of carboxylic acid groups (broad SMARTS) is 1. The molecule has 0 heterocycles. The van der Waals surface area contributed by atoms with Crippen LogP contribution in [0.5, 0.6) is 0 Å². The van der Waals surface area contributed by atoms with Gasteiger partial charge in [0.05, 0.1) is 6.54 Å². The second-order valence-corrected chi connectivity index (χ2v) is 5.24. The number of halogens is 3. The summed E-state index contributed by atoms with van der Waals surface area (Å²) in [7, 11) is 0. The molecule has 0 aromatic rings. The maximum absolute atomic E-state index is 12.4. The lowest BCUT2D eigenvalue weighted by molar-refractivity contribution is -0.148. The molecule has 19 heavy (non-hydrogen) atoms.